The fourth-order valence-corrected chi connectivity index (χ4v) is 6.61. The number of carbonyl (C=O) groups is 1. The number of amides is 1. The van der Waals surface area contributed by atoms with Crippen molar-refractivity contribution in [3.05, 3.63) is 26.6 Å². The highest BCUT2D eigenvalue weighted by Crippen LogP contribution is 2.60. The van der Waals surface area contributed by atoms with Gasteiger partial charge in [0.15, 0.2) is 0 Å². The number of phenols is 1. The lowest BCUT2D eigenvalue weighted by atomic mass is 9.49. The Bertz CT molecular complexity index is 682. The van der Waals surface area contributed by atoms with Crippen LogP contribution in [0.25, 0.3) is 0 Å². The lowest BCUT2D eigenvalue weighted by molar-refractivity contribution is -0.146. The Balaban J connectivity index is 1.47. The molecule has 4 nitrogen and oxygen atoms in total. The van der Waals surface area contributed by atoms with Crippen molar-refractivity contribution in [1.29, 1.82) is 0 Å². The standard InChI is InChI=1S/C18H20Br2N2O2/c19-14-4-13(16(23)15(20)5-14)9-21-22-17(24)18-6-10-1-11(7-18)3-12(2-10)8-18/h4-5,9-12,23H,1-3,6-8H2,(H,22,24)/b21-9+. The second-order valence-corrected chi connectivity index (χ2v) is 9.49. The van der Waals surface area contributed by atoms with Gasteiger partial charge >= 0.3 is 0 Å². The second kappa shape index (κ2) is 6.13. The van der Waals surface area contributed by atoms with Gasteiger partial charge in [0.25, 0.3) is 0 Å². The summed E-state index contributed by atoms with van der Waals surface area (Å²) < 4.78 is 1.42. The maximum absolute atomic E-state index is 12.8. The number of nitrogens with zero attached hydrogens (tertiary/aromatic N) is 1. The lowest BCUT2D eigenvalue weighted by Crippen LogP contribution is -2.52. The highest BCUT2D eigenvalue weighted by atomic mass is 79.9. The van der Waals surface area contributed by atoms with Gasteiger partial charge in [-0.05, 0) is 84.3 Å². The molecule has 1 aromatic carbocycles. The molecule has 0 aliphatic heterocycles. The molecule has 1 aromatic rings. The van der Waals surface area contributed by atoms with E-state index in [9.17, 15) is 9.90 Å². The summed E-state index contributed by atoms with van der Waals surface area (Å²) in [6.45, 7) is 0. The van der Waals surface area contributed by atoms with Crippen molar-refractivity contribution < 1.29 is 9.90 Å². The normalized spacial score (nSPS) is 34.0. The first-order chi connectivity index (χ1) is 11.4. The van der Waals surface area contributed by atoms with Crippen LogP contribution in [0.2, 0.25) is 0 Å². The number of aromatic hydroxyl groups is 1. The molecule has 2 N–H and O–H groups in total. The molecule has 4 aliphatic carbocycles. The molecule has 0 heterocycles. The van der Waals surface area contributed by atoms with E-state index in [4.69, 9.17) is 0 Å². The maximum Gasteiger partial charge on any atom is 0.246 e. The van der Waals surface area contributed by atoms with Gasteiger partial charge in [-0.3, -0.25) is 4.79 Å². The monoisotopic (exact) mass is 454 g/mol. The van der Waals surface area contributed by atoms with Crippen LogP contribution >= 0.6 is 31.9 Å². The summed E-state index contributed by atoms with van der Waals surface area (Å²) >= 11 is 6.68. The van der Waals surface area contributed by atoms with Gasteiger partial charge in [0.05, 0.1) is 16.1 Å². The van der Waals surface area contributed by atoms with E-state index in [0.29, 0.717) is 10.0 Å². The fraction of sp³-hybridized carbons (Fsp3) is 0.556. The second-order valence-electron chi connectivity index (χ2n) is 7.72. The minimum atomic E-state index is -0.202. The highest BCUT2D eigenvalue weighted by molar-refractivity contribution is 9.11. The molecule has 0 atom stereocenters. The number of hydrazone groups is 1. The van der Waals surface area contributed by atoms with E-state index < -0.39 is 0 Å². The number of rotatable bonds is 3. The molecule has 128 valence electrons. The van der Waals surface area contributed by atoms with Gasteiger partial charge < -0.3 is 5.11 Å². The van der Waals surface area contributed by atoms with Gasteiger partial charge in [0.2, 0.25) is 5.91 Å². The Morgan fingerprint density at radius 3 is 2.33 bits per heavy atom. The van der Waals surface area contributed by atoms with Crippen LogP contribution in [0.15, 0.2) is 26.2 Å². The quantitative estimate of drug-likeness (QED) is 0.517. The lowest BCUT2D eigenvalue weighted by Gasteiger charge is -2.55. The van der Waals surface area contributed by atoms with Gasteiger partial charge in [0, 0.05) is 10.0 Å². The van der Waals surface area contributed by atoms with Crippen molar-refractivity contribution in [2.24, 2.45) is 28.3 Å². The van der Waals surface area contributed by atoms with E-state index >= 15 is 0 Å². The summed E-state index contributed by atoms with van der Waals surface area (Å²) in [5.41, 5.74) is 3.10. The number of hydrogen-bond acceptors (Lipinski definition) is 3. The van der Waals surface area contributed by atoms with E-state index in [-0.39, 0.29) is 17.1 Å². The number of nitrogens with one attached hydrogen (secondary N) is 1. The Labute approximate surface area is 158 Å². The molecule has 4 saturated carbocycles. The molecule has 0 spiro atoms. The molecular formula is C18H20Br2N2O2. The number of benzene rings is 1. The molecule has 24 heavy (non-hydrogen) atoms. The number of phenolic OH excluding ortho intramolecular Hbond substituents is 1. The van der Waals surface area contributed by atoms with Gasteiger partial charge in [-0.1, -0.05) is 15.9 Å². The summed E-state index contributed by atoms with van der Waals surface area (Å²) in [7, 11) is 0. The number of carbonyl (C=O) groups excluding carboxylic acids is 1. The first-order valence-corrected chi connectivity index (χ1v) is 10.1. The van der Waals surface area contributed by atoms with Crippen LogP contribution < -0.4 is 5.43 Å². The maximum atomic E-state index is 12.8. The van der Waals surface area contributed by atoms with Crippen LogP contribution in [0, 0.1) is 23.2 Å². The van der Waals surface area contributed by atoms with Crippen LogP contribution in [0.5, 0.6) is 5.75 Å². The van der Waals surface area contributed by atoms with E-state index in [2.05, 4.69) is 42.4 Å². The predicted molar refractivity (Wildman–Crippen MR) is 99.8 cm³/mol. The zero-order valence-electron chi connectivity index (χ0n) is 13.3. The van der Waals surface area contributed by atoms with Crippen molar-refractivity contribution in [2.75, 3.05) is 0 Å². The fourth-order valence-electron chi connectivity index (χ4n) is 5.35. The third-order valence-electron chi connectivity index (χ3n) is 5.95. The SMILES string of the molecule is O=C(N/N=C/c1cc(Br)cc(Br)c1O)C12CC3CC(CC(C3)C1)C2. The summed E-state index contributed by atoms with van der Waals surface area (Å²) in [4.78, 5) is 12.8. The van der Waals surface area contributed by atoms with Crippen molar-refractivity contribution in [1.82, 2.24) is 5.43 Å². The summed E-state index contributed by atoms with van der Waals surface area (Å²) in [6.07, 6.45) is 8.51. The third kappa shape index (κ3) is 2.92. The molecular weight excluding hydrogens is 436 g/mol. The van der Waals surface area contributed by atoms with Crippen LogP contribution in [-0.4, -0.2) is 17.2 Å². The Morgan fingerprint density at radius 1 is 1.17 bits per heavy atom. The molecule has 0 unspecified atom stereocenters. The molecule has 1 amide bonds. The molecule has 6 heteroatoms. The zero-order chi connectivity index (χ0) is 16.9. The van der Waals surface area contributed by atoms with Crippen LogP contribution in [0.1, 0.15) is 44.1 Å². The predicted octanol–water partition coefficient (Wildman–Crippen LogP) is 4.58. The van der Waals surface area contributed by atoms with Gasteiger partial charge in [0.1, 0.15) is 5.75 Å². The highest BCUT2D eigenvalue weighted by Gasteiger charge is 2.54. The Hall–Kier alpha value is -0.880. The first kappa shape index (κ1) is 16.6. The van der Waals surface area contributed by atoms with Gasteiger partial charge in [-0.2, -0.15) is 5.10 Å². The first-order valence-electron chi connectivity index (χ1n) is 8.47. The van der Waals surface area contributed by atoms with E-state index in [1.54, 1.807) is 12.1 Å². The zero-order valence-corrected chi connectivity index (χ0v) is 16.4. The van der Waals surface area contributed by atoms with Crippen molar-refractivity contribution >= 4 is 44.0 Å². The number of halogens is 2. The Morgan fingerprint density at radius 2 is 1.75 bits per heavy atom. The van der Waals surface area contributed by atoms with Crippen LogP contribution in [0.4, 0.5) is 0 Å². The minimum absolute atomic E-state index is 0.0615. The average Bonchev–Trinajstić information content (AvgIpc) is 2.50. The summed E-state index contributed by atoms with van der Waals surface area (Å²) in [6, 6.07) is 3.53. The van der Waals surface area contributed by atoms with Crippen molar-refractivity contribution in [3.8, 4) is 5.75 Å². The van der Waals surface area contributed by atoms with Gasteiger partial charge in [-0.15, -0.1) is 0 Å². The summed E-state index contributed by atoms with van der Waals surface area (Å²) in [5, 5.41) is 14.2. The Kier molecular flexibility index (Phi) is 4.23. The van der Waals surface area contributed by atoms with Crippen molar-refractivity contribution in [2.45, 2.75) is 38.5 Å². The molecule has 4 bridgehead atoms. The topological polar surface area (TPSA) is 61.7 Å². The minimum Gasteiger partial charge on any atom is -0.506 e. The molecule has 5 rings (SSSR count). The van der Waals surface area contributed by atoms with E-state index in [1.807, 2.05) is 0 Å². The van der Waals surface area contributed by atoms with Crippen LogP contribution in [0.3, 0.4) is 0 Å². The molecule has 0 radical (unpaired) electrons. The van der Waals surface area contributed by atoms with Crippen LogP contribution in [-0.2, 0) is 4.79 Å². The molecule has 4 aliphatic rings. The average molecular weight is 456 g/mol. The molecule has 4 fully saturated rings. The van der Waals surface area contributed by atoms with E-state index in [0.717, 1.165) is 41.5 Å². The largest absolute Gasteiger partial charge is 0.506 e. The third-order valence-corrected chi connectivity index (χ3v) is 7.01. The van der Waals surface area contributed by atoms with Gasteiger partial charge in [-0.25, -0.2) is 5.43 Å². The molecule has 0 aromatic heterocycles. The van der Waals surface area contributed by atoms with Crippen molar-refractivity contribution in [3.63, 3.8) is 0 Å². The van der Waals surface area contributed by atoms with E-state index in [1.165, 1.54) is 25.5 Å². The smallest absolute Gasteiger partial charge is 0.246 e. The number of hydrogen-bond donors (Lipinski definition) is 2. The molecule has 0 saturated heterocycles. The summed E-state index contributed by atoms with van der Waals surface area (Å²) in [5.74, 6) is 2.38.